The molecule has 1 aromatic heterocycles. The van der Waals surface area contributed by atoms with Gasteiger partial charge in [0.15, 0.2) is 0 Å². The summed E-state index contributed by atoms with van der Waals surface area (Å²) in [6.45, 7) is 5.06. The van der Waals surface area contributed by atoms with Gasteiger partial charge in [-0.1, -0.05) is 19.1 Å². The number of aromatic nitrogens is 1. The first-order chi connectivity index (χ1) is 16.8. The van der Waals surface area contributed by atoms with E-state index in [1.165, 1.54) is 48.6 Å². The first-order valence-electron chi connectivity index (χ1n) is 12.4. The number of amides is 1. The van der Waals surface area contributed by atoms with Crippen LogP contribution in [0, 0.1) is 0 Å². The SMILES string of the molecule is CC1(c2cccnc2)CCC(NC2CCOCC2)C1.O=CN1CCc2ccc(C(F)(F)F)cc2C1. The van der Waals surface area contributed by atoms with Gasteiger partial charge in [-0.15, -0.1) is 0 Å². The summed E-state index contributed by atoms with van der Waals surface area (Å²) in [4.78, 5) is 16.3. The number of rotatable bonds is 4. The quantitative estimate of drug-likeness (QED) is 0.622. The van der Waals surface area contributed by atoms with Gasteiger partial charge in [0.25, 0.3) is 0 Å². The zero-order valence-electron chi connectivity index (χ0n) is 20.2. The third-order valence-electron chi connectivity index (χ3n) is 7.52. The molecule has 0 radical (unpaired) electrons. The van der Waals surface area contributed by atoms with Crippen LogP contribution < -0.4 is 5.32 Å². The lowest BCUT2D eigenvalue weighted by Gasteiger charge is -2.28. The molecule has 5 rings (SSSR count). The summed E-state index contributed by atoms with van der Waals surface area (Å²) in [5.41, 5.74) is 2.53. The number of alkyl halides is 3. The van der Waals surface area contributed by atoms with Crippen LogP contribution in [0.3, 0.4) is 0 Å². The molecule has 1 saturated heterocycles. The van der Waals surface area contributed by atoms with Crippen LogP contribution in [0.4, 0.5) is 13.2 Å². The van der Waals surface area contributed by atoms with E-state index in [0.29, 0.717) is 42.4 Å². The van der Waals surface area contributed by atoms with Gasteiger partial charge >= 0.3 is 6.18 Å². The van der Waals surface area contributed by atoms with Crippen LogP contribution in [-0.2, 0) is 34.1 Å². The van der Waals surface area contributed by atoms with E-state index in [0.717, 1.165) is 30.9 Å². The molecule has 0 spiro atoms. The average Bonchev–Trinajstić information content (AvgIpc) is 3.26. The number of benzene rings is 1. The van der Waals surface area contributed by atoms with Crippen molar-refractivity contribution in [1.29, 1.82) is 0 Å². The Balaban J connectivity index is 0.000000168. The molecule has 35 heavy (non-hydrogen) atoms. The molecule has 0 bridgehead atoms. The van der Waals surface area contributed by atoms with Gasteiger partial charge in [-0.2, -0.15) is 13.2 Å². The highest BCUT2D eigenvalue weighted by Gasteiger charge is 2.37. The molecule has 2 unspecified atom stereocenters. The molecule has 1 aromatic carbocycles. The van der Waals surface area contributed by atoms with E-state index < -0.39 is 11.7 Å². The average molecular weight is 490 g/mol. The van der Waals surface area contributed by atoms with Gasteiger partial charge in [-0.05, 0) is 78.8 Å². The van der Waals surface area contributed by atoms with Crippen LogP contribution in [0.5, 0.6) is 0 Å². The van der Waals surface area contributed by atoms with Crippen LogP contribution in [0.15, 0.2) is 42.7 Å². The minimum atomic E-state index is -4.32. The smallest absolute Gasteiger partial charge is 0.381 e. The van der Waals surface area contributed by atoms with Crippen molar-refractivity contribution < 1.29 is 22.7 Å². The molecule has 2 aliphatic heterocycles. The maximum atomic E-state index is 12.5. The van der Waals surface area contributed by atoms with Gasteiger partial charge in [0.2, 0.25) is 6.41 Å². The lowest BCUT2D eigenvalue weighted by atomic mass is 9.82. The zero-order chi connectivity index (χ0) is 24.9. The summed E-state index contributed by atoms with van der Waals surface area (Å²) in [6.07, 6.45) is 6.98. The molecule has 1 amide bonds. The van der Waals surface area contributed by atoms with Gasteiger partial charge in [0.05, 0.1) is 5.56 Å². The van der Waals surface area contributed by atoms with Crippen molar-refractivity contribution in [3.8, 4) is 0 Å². The molecule has 1 aliphatic carbocycles. The van der Waals surface area contributed by atoms with E-state index in [1.54, 1.807) is 0 Å². The second-order valence-corrected chi connectivity index (χ2v) is 10.1. The molecule has 8 heteroatoms. The normalized spacial score (nSPS) is 24.9. The lowest BCUT2D eigenvalue weighted by molar-refractivity contribution is -0.137. The van der Waals surface area contributed by atoms with Gasteiger partial charge < -0.3 is 15.0 Å². The number of pyridine rings is 1. The monoisotopic (exact) mass is 489 g/mol. The van der Waals surface area contributed by atoms with Crippen molar-refractivity contribution in [2.45, 2.75) is 75.7 Å². The number of halogens is 3. The van der Waals surface area contributed by atoms with Crippen molar-refractivity contribution in [1.82, 2.24) is 15.2 Å². The Morgan fingerprint density at radius 3 is 2.63 bits per heavy atom. The maximum absolute atomic E-state index is 12.5. The highest BCUT2D eigenvalue weighted by Crippen LogP contribution is 2.40. The number of hydrogen-bond donors (Lipinski definition) is 1. The Labute approximate surface area is 205 Å². The predicted octanol–water partition coefficient (Wildman–Crippen LogP) is 4.88. The number of carbonyl (C=O) groups is 1. The number of ether oxygens (including phenoxy) is 1. The number of fused-ring (bicyclic) bond motifs is 1. The number of carbonyl (C=O) groups excluding carboxylic acids is 1. The van der Waals surface area contributed by atoms with Crippen molar-refractivity contribution in [3.05, 3.63) is 65.0 Å². The van der Waals surface area contributed by atoms with E-state index in [-0.39, 0.29) is 6.54 Å². The molecule has 5 nitrogen and oxygen atoms in total. The Morgan fingerprint density at radius 1 is 1.14 bits per heavy atom. The van der Waals surface area contributed by atoms with E-state index >= 15 is 0 Å². The lowest BCUT2D eigenvalue weighted by Crippen LogP contribution is -2.41. The highest BCUT2D eigenvalue weighted by atomic mass is 19.4. The molecule has 190 valence electrons. The predicted molar refractivity (Wildman–Crippen MR) is 128 cm³/mol. The fourth-order valence-corrected chi connectivity index (χ4v) is 5.41. The van der Waals surface area contributed by atoms with Crippen LogP contribution in [0.1, 0.15) is 61.3 Å². The molecule has 1 N–H and O–H groups in total. The minimum Gasteiger partial charge on any atom is -0.381 e. The van der Waals surface area contributed by atoms with Gasteiger partial charge in [-0.25, -0.2) is 0 Å². The Kier molecular flexibility index (Phi) is 8.12. The molecular weight excluding hydrogens is 455 g/mol. The van der Waals surface area contributed by atoms with E-state index in [2.05, 4.69) is 29.4 Å². The summed E-state index contributed by atoms with van der Waals surface area (Å²) < 4.78 is 42.8. The molecule has 1 saturated carbocycles. The fraction of sp³-hybridized carbons (Fsp3) is 0.556. The highest BCUT2D eigenvalue weighted by molar-refractivity contribution is 5.49. The summed E-state index contributed by atoms with van der Waals surface area (Å²) in [7, 11) is 0. The number of nitrogens with one attached hydrogen (secondary N) is 1. The van der Waals surface area contributed by atoms with Gasteiger partial charge in [-0.3, -0.25) is 9.78 Å². The number of hydrogen-bond acceptors (Lipinski definition) is 4. The molecule has 3 aliphatic rings. The van der Waals surface area contributed by atoms with Gasteiger partial charge in [0, 0.05) is 50.8 Å². The van der Waals surface area contributed by atoms with Crippen LogP contribution in [-0.4, -0.2) is 48.1 Å². The molecule has 2 fully saturated rings. The summed E-state index contributed by atoms with van der Waals surface area (Å²) in [5, 5.41) is 3.84. The Morgan fingerprint density at radius 2 is 1.94 bits per heavy atom. The molecular formula is C27H34F3N3O2. The zero-order valence-corrected chi connectivity index (χ0v) is 20.2. The van der Waals surface area contributed by atoms with Crippen molar-refractivity contribution in [3.63, 3.8) is 0 Å². The minimum absolute atomic E-state index is 0.267. The maximum Gasteiger partial charge on any atom is 0.416 e. The van der Waals surface area contributed by atoms with Crippen molar-refractivity contribution in [2.24, 2.45) is 0 Å². The van der Waals surface area contributed by atoms with Crippen LogP contribution in [0.2, 0.25) is 0 Å². The summed E-state index contributed by atoms with van der Waals surface area (Å²) in [5.74, 6) is 0. The Hall–Kier alpha value is -2.45. The van der Waals surface area contributed by atoms with E-state index in [4.69, 9.17) is 4.74 Å². The Bertz CT molecular complexity index is 979. The topological polar surface area (TPSA) is 54.5 Å². The summed E-state index contributed by atoms with van der Waals surface area (Å²) >= 11 is 0. The first kappa shape index (κ1) is 25.6. The standard InChI is InChI=1S/C16H24N2O.C11H10F3NO/c1-16(13-3-2-8-17-12-13)7-4-15(11-16)18-14-5-9-19-10-6-14;12-11(13,14)10-2-1-8-3-4-15(7-16)6-9(8)5-10/h2-3,8,12,14-15,18H,4-7,9-11H2,1H3;1-2,5,7H,3-4,6H2. The first-order valence-corrected chi connectivity index (χ1v) is 12.4. The fourth-order valence-electron chi connectivity index (χ4n) is 5.41. The van der Waals surface area contributed by atoms with E-state index in [9.17, 15) is 18.0 Å². The van der Waals surface area contributed by atoms with Crippen molar-refractivity contribution in [2.75, 3.05) is 19.8 Å². The molecule has 2 atom stereocenters. The second-order valence-electron chi connectivity index (χ2n) is 10.1. The van der Waals surface area contributed by atoms with Crippen LogP contribution in [0.25, 0.3) is 0 Å². The van der Waals surface area contributed by atoms with Crippen LogP contribution >= 0.6 is 0 Å². The van der Waals surface area contributed by atoms with Gasteiger partial charge in [0.1, 0.15) is 0 Å². The third-order valence-corrected chi connectivity index (χ3v) is 7.52. The molecule has 2 aromatic rings. The largest absolute Gasteiger partial charge is 0.416 e. The molecule has 3 heterocycles. The third kappa shape index (κ3) is 6.61. The van der Waals surface area contributed by atoms with E-state index in [1.807, 2.05) is 12.4 Å². The summed E-state index contributed by atoms with van der Waals surface area (Å²) in [6, 6.07) is 9.33. The van der Waals surface area contributed by atoms with Crippen molar-refractivity contribution >= 4 is 6.41 Å². The number of nitrogens with zero attached hydrogens (tertiary/aromatic N) is 2. The second kappa shape index (κ2) is 11.1.